The molecule has 0 saturated carbocycles. The smallest absolute Gasteiger partial charge is 0.209 e. The maximum absolute atomic E-state index is 5.20. The van der Waals surface area contributed by atoms with Crippen LogP contribution in [0.5, 0.6) is 5.75 Å². The number of hydrogen-bond donors (Lipinski definition) is 0. The Morgan fingerprint density at radius 2 is 1.74 bits per heavy atom. The molecule has 118 valence electrons. The number of para-hydroxylation sites is 1. The minimum Gasteiger partial charge on any atom is -0.497 e. The van der Waals surface area contributed by atoms with E-state index >= 15 is 0 Å². The second kappa shape index (κ2) is 6.04. The summed E-state index contributed by atoms with van der Waals surface area (Å²) < 4.78 is 7.51. The first-order chi connectivity index (χ1) is 11.0. The number of allylic oxidation sites excluding steroid dienone is 2. The Hall–Kier alpha value is -2.35. The Labute approximate surface area is 138 Å². The normalized spacial score (nSPS) is 16.0. The third-order valence-electron chi connectivity index (χ3n) is 4.73. The summed E-state index contributed by atoms with van der Waals surface area (Å²) in [6, 6.07) is 16.9. The monoisotopic (exact) mass is 306 g/mol. The van der Waals surface area contributed by atoms with Crippen molar-refractivity contribution in [1.29, 1.82) is 0 Å². The van der Waals surface area contributed by atoms with Gasteiger partial charge >= 0.3 is 0 Å². The van der Waals surface area contributed by atoms with Gasteiger partial charge in [0.15, 0.2) is 5.71 Å². The molecule has 3 rings (SSSR count). The van der Waals surface area contributed by atoms with Gasteiger partial charge < -0.3 is 4.74 Å². The van der Waals surface area contributed by atoms with E-state index in [0.29, 0.717) is 0 Å². The van der Waals surface area contributed by atoms with Gasteiger partial charge in [-0.1, -0.05) is 36.4 Å². The first kappa shape index (κ1) is 15.5. The van der Waals surface area contributed by atoms with Crippen LogP contribution in [0.4, 0.5) is 5.69 Å². The van der Waals surface area contributed by atoms with Crippen LogP contribution >= 0.6 is 0 Å². The summed E-state index contributed by atoms with van der Waals surface area (Å²) >= 11 is 0. The van der Waals surface area contributed by atoms with E-state index in [1.54, 1.807) is 7.11 Å². The minimum absolute atomic E-state index is 0.0434. The van der Waals surface area contributed by atoms with Crippen molar-refractivity contribution in [1.82, 2.24) is 0 Å². The summed E-state index contributed by atoms with van der Waals surface area (Å²) in [5, 5.41) is 0. The van der Waals surface area contributed by atoms with Crippen molar-refractivity contribution in [3.05, 3.63) is 71.8 Å². The molecule has 23 heavy (non-hydrogen) atoms. The highest BCUT2D eigenvalue weighted by Crippen LogP contribution is 2.38. The second-order valence-corrected chi connectivity index (χ2v) is 6.54. The fourth-order valence-electron chi connectivity index (χ4n) is 3.37. The van der Waals surface area contributed by atoms with Crippen molar-refractivity contribution >= 4 is 11.4 Å². The molecule has 0 radical (unpaired) electrons. The molecule has 0 fully saturated rings. The summed E-state index contributed by atoms with van der Waals surface area (Å²) in [6.07, 6.45) is 5.44. The molecule has 2 nitrogen and oxygen atoms in total. The van der Waals surface area contributed by atoms with Crippen LogP contribution in [0.15, 0.2) is 60.7 Å². The zero-order valence-electron chi connectivity index (χ0n) is 14.3. The zero-order valence-corrected chi connectivity index (χ0v) is 14.3. The lowest BCUT2D eigenvalue weighted by molar-refractivity contribution is -0.401. The number of hydrogen-bond acceptors (Lipinski definition) is 1. The van der Waals surface area contributed by atoms with Gasteiger partial charge in [0.05, 0.1) is 12.5 Å². The van der Waals surface area contributed by atoms with E-state index in [9.17, 15) is 0 Å². The number of benzene rings is 2. The quantitative estimate of drug-likeness (QED) is 0.758. The first-order valence-electron chi connectivity index (χ1n) is 8.04. The van der Waals surface area contributed by atoms with Crippen molar-refractivity contribution in [3.63, 3.8) is 0 Å². The van der Waals surface area contributed by atoms with Crippen LogP contribution in [0.25, 0.3) is 0 Å². The molecule has 0 aromatic heterocycles. The highest BCUT2D eigenvalue weighted by molar-refractivity contribution is 6.02. The fourth-order valence-corrected chi connectivity index (χ4v) is 3.37. The van der Waals surface area contributed by atoms with Crippen LogP contribution in [-0.4, -0.2) is 24.4 Å². The van der Waals surface area contributed by atoms with Gasteiger partial charge in [-0.15, -0.1) is 0 Å². The molecule has 0 spiro atoms. The third kappa shape index (κ3) is 2.81. The molecule has 2 aromatic rings. The number of ether oxygens (including phenoxy) is 1. The lowest BCUT2D eigenvalue weighted by atomic mass is 9.81. The van der Waals surface area contributed by atoms with Crippen molar-refractivity contribution in [2.24, 2.45) is 0 Å². The zero-order chi connectivity index (χ0) is 16.4. The number of methoxy groups -OCH3 is 1. The molecular weight excluding hydrogens is 282 g/mol. The molecule has 0 saturated heterocycles. The molecular formula is C21H24NO+. The standard InChI is InChI=1S/C21H24NO/c1-21(2)18-9-5-6-10-19(18)22(3)20(21)11-7-8-16-12-14-17(23-4)15-13-16/h5-7,9-15H,8H2,1-4H3/q+1/b11-7+. The molecule has 2 aromatic carbocycles. The summed E-state index contributed by atoms with van der Waals surface area (Å²) in [7, 11) is 3.85. The van der Waals surface area contributed by atoms with Gasteiger partial charge in [-0.05, 0) is 38.0 Å². The van der Waals surface area contributed by atoms with E-state index < -0.39 is 0 Å². The van der Waals surface area contributed by atoms with E-state index in [-0.39, 0.29) is 5.41 Å². The van der Waals surface area contributed by atoms with E-state index in [0.717, 1.165) is 12.2 Å². The number of rotatable bonds is 4. The molecule has 0 aliphatic carbocycles. The Morgan fingerprint density at radius 1 is 1.04 bits per heavy atom. The van der Waals surface area contributed by atoms with Crippen LogP contribution < -0.4 is 4.74 Å². The largest absolute Gasteiger partial charge is 0.497 e. The topological polar surface area (TPSA) is 12.2 Å². The molecule has 1 aliphatic heterocycles. The summed E-state index contributed by atoms with van der Waals surface area (Å²) in [4.78, 5) is 0. The Bertz CT molecular complexity index is 767. The molecule has 0 amide bonds. The maximum Gasteiger partial charge on any atom is 0.209 e. The lowest BCUT2D eigenvalue weighted by Crippen LogP contribution is -2.26. The van der Waals surface area contributed by atoms with E-state index in [1.807, 2.05) is 12.1 Å². The van der Waals surface area contributed by atoms with Crippen LogP contribution in [0.3, 0.4) is 0 Å². The fraction of sp³-hybridized carbons (Fsp3) is 0.286. The first-order valence-corrected chi connectivity index (χ1v) is 8.04. The van der Waals surface area contributed by atoms with Crippen LogP contribution in [0.2, 0.25) is 0 Å². The number of nitrogens with zero attached hydrogens (tertiary/aromatic N) is 1. The highest BCUT2D eigenvalue weighted by Gasteiger charge is 2.42. The van der Waals surface area contributed by atoms with Gasteiger partial charge in [-0.25, -0.2) is 0 Å². The highest BCUT2D eigenvalue weighted by atomic mass is 16.5. The van der Waals surface area contributed by atoms with E-state index in [1.165, 1.54) is 22.5 Å². The minimum atomic E-state index is 0.0434. The molecule has 1 heterocycles. The Kier molecular flexibility index (Phi) is 4.08. The summed E-state index contributed by atoms with van der Waals surface area (Å²) in [6.45, 7) is 4.59. The van der Waals surface area contributed by atoms with Crippen LogP contribution in [0.1, 0.15) is 25.0 Å². The summed E-state index contributed by atoms with van der Waals surface area (Å²) in [5.41, 5.74) is 5.38. The van der Waals surface area contributed by atoms with Crippen molar-refractivity contribution in [2.75, 3.05) is 14.2 Å². The number of fused-ring (bicyclic) bond motifs is 1. The van der Waals surface area contributed by atoms with Gasteiger partial charge in [-0.2, -0.15) is 4.58 Å². The van der Waals surface area contributed by atoms with Crippen LogP contribution in [-0.2, 0) is 11.8 Å². The van der Waals surface area contributed by atoms with E-state index in [4.69, 9.17) is 4.74 Å². The van der Waals surface area contributed by atoms with Crippen molar-refractivity contribution < 1.29 is 9.31 Å². The second-order valence-electron chi connectivity index (χ2n) is 6.54. The van der Waals surface area contributed by atoms with Crippen LogP contribution in [0, 0.1) is 0 Å². The van der Waals surface area contributed by atoms with Crippen molar-refractivity contribution in [2.45, 2.75) is 25.7 Å². The van der Waals surface area contributed by atoms with Gasteiger partial charge in [0, 0.05) is 17.7 Å². The van der Waals surface area contributed by atoms with Gasteiger partial charge in [0.2, 0.25) is 5.69 Å². The summed E-state index contributed by atoms with van der Waals surface area (Å²) in [5.74, 6) is 0.902. The SMILES string of the molecule is COc1ccc(C/C=C/C2=[N+](C)c3ccccc3C2(C)C)cc1. The molecule has 0 N–H and O–H groups in total. The molecule has 0 bridgehead atoms. The molecule has 1 aliphatic rings. The van der Waals surface area contributed by atoms with Gasteiger partial charge in [0.25, 0.3) is 0 Å². The Morgan fingerprint density at radius 3 is 2.39 bits per heavy atom. The molecule has 0 unspecified atom stereocenters. The predicted octanol–water partition coefficient (Wildman–Crippen LogP) is 4.50. The maximum atomic E-state index is 5.20. The molecule has 2 heteroatoms. The van der Waals surface area contributed by atoms with Gasteiger partial charge in [0.1, 0.15) is 12.8 Å². The average Bonchev–Trinajstić information content (AvgIpc) is 2.76. The van der Waals surface area contributed by atoms with Gasteiger partial charge in [-0.3, -0.25) is 0 Å². The van der Waals surface area contributed by atoms with Crippen molar-refractivity contribution in [3.8, 4) is 5.75 Å². The lowest BCUT2D eigenvalue weighted by Gasteiger charge is -2.15. The third-order valence-corrected chi connectivity index (χ3v) is 4.73. The Balaban J connectivity index is 1.81. The average molecular weight is 306 g/mol. The molecule has 0 atom stereocenters. The van der Waals surface area contributed by atoms with E-state index in [2.05, 4.69) is 74.0 Å². The predicted molar refractivity (Wildman–Crippen MR) is 96.2 cm³/mol.